The maximum atomic E-state index is 9.45. The van der Waals surface area contributed by atoms with E-state index in [2.05, 4.69) is 20.8 Å². The number of benzene rings is 3. The van der Waals surface area contributed by atoms with Gasteiger partial charge in [0.2, 0.25) is 0 Å². The second-order valence-electron chi connectivity index (χ2n) is 6.21. The Labute approximate surface area is 158 Å². The number of anilines is 3. The van der Waals surface area contributed by atoms with Crippen LogP contribution in [0.2, 0.25) is 0 Å². The molecule has 0 aliphatic carbocycles. The molecule has 6 heteroatoms. The molecule has 2 N–H and O–H groups in total. The molecule has 2 aliphatic rings. The van der Waals surface area contributed by atoms with Crippen molar-refractivity contribution in [2.45, 2.75) is 13.2 Å². The van der Waals surface area contributed by atoms with Crippen LogP contribution in [0.15, 0.2) is 53.0 Å². The summed E-state index contributed by atoms with van der Waals surface area (Å²) in [6.45, 7) is -0.0976. The van der Waals surface area contributed by atoms with E-state index in [1.807, 2.05) is 48.5 Å². The molecule has 2 heterocycles. The van der Waals surface area contributed by atoms with Crippen LogP contribution in [0.5, 0.6) is 23.0 Å². The molecule has 3 aromatic rings. The third-order valence-electron chi connectivity index (χ3n) is 4.56. The van der Waals surface area contributed by atoms with Crippen LogP contribution in [0.25, 0.3) is 0 Å². The smallest absolute Gasteiger partial charge is 0.156 e. The number of nitrogens with zero attached hydrogens (tertiary/aromatic N) is 1. The van der Waals surface area contributed by atoms with Gasteiger partial charge in [0.15, 0.2) is 23.0 Å². The molecule has 0 atom stereocenters. The zero-order valence-corrected chi connectivity index (χ0v) is 15.2. The summed E-state index contributed by atoms with van der Waals surface area (Å²) in [5.74, 6) is 2.70. The summed E-state index contributed by atoms with van der Waals surface area (Å²) in [5, 5.41) is 18.9. The van der Waals surface area contributed by atoms with Gasteiger partial charge in [-0.05, 0) is 47.5 Å². The fraction of sp³-hybridized carbons (Fsp3) is 0.100. The molecule has 0 radical (unpaired) electrons. The molecule has 0 bridgehead atoms. The van der Waals surface area contributed by atoms with Crippen LogP contribution >= 0.6 is 15.9 Å². The highest BCUT2D eigenvalue weighted by atomic mass is 79.9. The van der Waals surface area contributed by atoms with Crippen molar-refractivity contribution in [3.8, 4) is 23.0 Å². The van der Waals surface area contributed by atoms with Crippen LogP contribution in [0.1, 0.15) is 11.1 Å². The number of hydrogen-bond donors (Lipinski definition) is 2. The Kier molecular flexibility index (Phi) is 3.46. The molecule has 0 spiro atoms. The van der Waals surface area contributed by atoms with Gasteiger partial charge >= 0.3 is 0 Å². The van der Waals surface area contributed by atoms with Gasteiger partial charge in [0, 0.05) is 4.47 Å². The summed E-state index contributed by atoms with van der Waals surface area (Å²) >= 11 is 3.50. The van der Waals surface area contributed by atoms with Gasteiger partial charge in [-0.3, -0.25) is 4.90 Å². The van der Waals surface area contributed by atoms with Gasteiger partial charge in [-0.2, -0.15) is 0 Å². The molecule has 130 valence electrons. The fourth-order valence-corrected chi connectivity index (χ4v) is 3.80. The van der Waals surface area contributed by atoms with Crippen molar-refractivity contribution in [2.75, 3.05) is 4.90 Å². The summed E-state index contributed by atoms with van der Waals surface area (Å²) in [6.07, 6.45) is 0. The van der Waals surface area contributed by atoms with Gasteiger partial charge in [0.1, 0.15) is 5.69 Å². The Bertz CT molecular complexity index is 971. The molecule has 26 heavy (non-hydrogen) atoms. The number of ether oxygens (including phenoxy) is 2. The van der Waals surface area contributed by atoms with Crippen LogP contribution in [-0.2, 0) is 13.2 Å². The molecule has 5 nitrogen and oxygen atoms in total. The number of halogens is 1. The second-order valence-corrected chi connectivity index (χ2v) is 7.13. The third-order valence-corrected chi connectivity index (χ3v) is 5.02. The van der Waals surface area contributed by atoms with E-state index >= 15 is 0 Å². The summed E-state index contributed by atoms with van der Waals surface area (Å²) in [5.41, 5.74) is 4.15. The monoisotopic (exact) mass is 411 g/mol. The predicted octanol–water partition coefficient (Wildman–Crippen LogP) is 5.11. The first-order chi connectivity index (χ1) is 12.7. The lowest BCUT2D eigenvalue weighted by molar-refractivity contribution is 0.281. The first-order valence-electron chi connectivity index (χ1n) is 8.15. The number of aliphatic hydroxyl groups is 2. The second kappa shape index (κ2) is 5.74. The van der Waals surface area contributed by atoms with Gasteiger partial charge in [-0.15, -0.1) is 0 Å². The van der Waals surface area contributed by atoms with Gasteiger partial charge < -0.3 is 19.7 Å². The van der Waals surface area contributed by atoms with Crippen molar-refractivity contribution in [1.82, 2.24) is 0 Å². The molecule has 2 aliphatic heterocycles. The fourth-order valence-electron chi connectivity index (χ4n) is 3.38. The molecule has 0 amide bonds. The van der Waals surface area contributed by atoms with E-state index in [1.54, 1.807) is 0 Å². The first kappa shape index (κ1) is 15.7. The molecular formula is C20H14BrNO4. The van der Waals surface area contributed by atoms with Crippen LogP contribution in [0, 0.1) is 0 Å². The highest BCUT2D eigenvalue weighted by Gasteiger charge is 2.35. The molecule has 0 unspecified atom stereocenters. The van der Waals surface area contributed by atoms with E-state index in [-0.39, 0.29) is 13.2 Å². The highest BCUT2D eigenvalue weighted by molar-refractivity contribution is 9.10. The van der Waals surface area contributed by atoms with Crippen molar-refractivity contribution >= 4 is 33.0 Å². The van der Waals surface area contributed by atoms with Crippen LogP contribution < -0.4 is 14.4 Å². The van der Waals surface area contributed by atoms with Gasteiger partial charge in [-0.1, -0.05) is 28.1 Å². The molecule has 5 rings (SSSR count). The molecule has 0 aromatic heterocycles. The highest BCUT2D eigenvalue weighted by Crippen LogP contribution is 2.60. The van der Waals surface area contributed by atoms with Crippen LogP contribution in [-0.4, -0.2) is 10.2 Å². The van der Waals surface area contributed by atoms with E-state index in [0.29, 0.717) is 23.0 Å². The topological polar surface area (TPSA) is 62.2 Å². The van der Waals surface area contributed by atoms with Gasteiger partial charge in [0.05, 0.1) is 24.6 Å². The average Bonchev–Trinajstić information content (AvgIpc) is 2.66. The van der Waals surface area contributed by atoms with Crippen molar-refractivity contribution in [1.29, 1.82) is 0 Å². The van der Waals surface area contributed by atoms with E-state index in [9.17, 15) is 10.2 Å². The lowest BCUT2D eigenvalue weighted by Gasteiger charge is -2.38. The summed E-state index contributed by atoms with van der Waals surface area (Å²) in [4.78, 5) is 2.09. The van der Waals surface area contributed by atoms with Gasteiger partial charge in [-0.25, -0.2) is 0 Å². The number of aliphatic hydroxyl groups excluding tert-OH is 2. The minimum atomic E-state index is -0.0488. The Morgan fingerprint density at radius 1 is 0.731 bits per heavy atom. The zero-order valence-electron chi connectivity index (χ0n) is 13.6. The minimum Gasteiger partial charge on any atom is -0.453 e. The van der Waals surface area contributed by atoms with Crippen molar-refractivity contribution < 1.29 is 19.7 Å². The van der Waals surface area contributed by atoms with Crippen molar-refractivity contribution in [3.05, 3.63) is 64.1 Å². The van der Waals surface area contributed by atoms with E-state index < -0.39 is 0 Å². The van der Waals surface area contributed by atoms with E-state index in [4.69, 9.17) is 9.47 Å². The Morgan fingerprint density at radius 2 is 1.23 bits per heavy atom. The Morgan fingerprint density at radius 3 is 1.69 bits per heavy atom. The first-order valence-corrected chi connectivity index (χ1v) is 8.94. The molecule has 3 aromatic carbocycles. The quantitative estimate of drug-likeness (QED) is 0.422. The molecule has 0 saturated carbocycles. The predicted molar refractivity (Wildman–Crippen MR) is 101 cm³/mol. The molecule has 0 fully saturated rings. The van der Waals surface area contributed by atoms with Crippen LogP contribution in [0.3, 0.4) is 0 Å². The zero-order chi connectivity index (χ0) is 17.8. The normalized spacial score (nSPS) is 13.3. The number of fused-ring (bicyclic) bond motifs is 4. The standard InChI is InChI=1S/C20H14BrNO4/c21-13-7-18-20-19(8-13)26-17-6-12(10-24)2-4-15(17)22(20)14-3-1-11(9-23)5-16(14)25-18/h1-8,23-24H,9-10H2. The van der Waals surface area contributed by atoms with Crippen molar-refractivity contribution in [3.63, 3.8) is 0 Å². The number of hydrogen-bond acceptors (Lipinski definition) is 5. The van der Waals surface area contributed by atoms with Crippen LogP contribution in [0.4, 0.5) is 17.1 Å². The summed E-state index contributed by atoms with van der Waals surface area (Å²) < 4.78 is 13.1. The summed E-state index contributed by atoms with van der Waals surface area (Å²) in [7, 11) is 0. The number of rotatable bonds is 2. The Hall–Kier alpha value is -2.54. The maximum absolute atomic E-state index is 9.45. The van der Waals surface area contributed by atoms with Crippen molar-refractivity contribution in [2.24, 2.45) is 0 Å². The molecule has 0 saturated heterocycles. The lowest BCUT2D eigenvalue weighted by atomic mass is 10.1. The minimum absolute atomic E-state index is 0.0488. The van der Waals surface area contributed by atoms with E-state index in [1.165, 1.54) is 0 Å². The van der Waals surface area contributed by atoms with Gasteiger partial charge in [0.25, 0.3) is 0 Å². The largest absolute Gasteiger partial charge is 0.453 e. The maximum Gasteiger partial charge on any atom is 0.156 e. The summed E-state index contributed by atoms with van der Waals surface area (Å²) in [6, 6.07) is 15.1. The molecular weight excluding hydrogens is 398 g/mol. The SMILES string of the molecule is OCc1ccc2c(c1)Oc1cc(Br)cc3c1N2c1ccc(CO)cc1O3. The average molecular weight is 412 g/mol. The van der Waals surface area contributed by atoms with E-state index in [0.717, 1.165) is 32.7 Å². The lowest BCUT2D eigenvalue weighted by Crippen LogP contribution is -2.20. The Balaban J connectivity index is 1.79. The third kappa shape index (κ3) is 2.23.